The fourth-order valence-corrected chi connectivity index (χ4v) is 13.6. The maximum Gasteiger partial charge on any atom is 0.309 e. The minimum Gasteiger partial charge on any atom is -0.481 e. The van der Waals surface area contributed by atoms with Crippen LogP contribution < -0.4 is 0 Å². The van der Waals surface area contributed by atoms with Crippen LogP contribution in [0.3, 0.4) is 0 Å². The Balaban J connectivity index is 1.29. The second kappa shape index (κ2) is 14.8. The molecule has 5 aliphatic rings. The summed E-state index contributed by atoms with van der Waals surface area (Å²) in [5.74, 6) is -0.993. The third-order valence-corrected chi connectivity index (χ3v) is 16.9. The highest BCUT2D eigenvalue weighted by Crippen LogP contribution is 2.77. The summed E-state index contributed by atoms with van der Waals surface area (Å²) in [7, 11) is 0. The van der Waals surface area contributed by atoms with Gasteiger partial charge in [0.15, 0.2) is 5.78 Å². The van der Waals surface area contributed by atoms with Gasteiger partial charge in [0.2, 0.25) is 5.91 Å². The molecule has 1 aromatic rings. The van der Waals surface area contributed by atoms with E-state index in [1.807, 2.05) is 12.1 Å². The number of aliphatic hydroxyl groups excluding tert-OH is 2. The molecule has 0 aromatic heterocycles. The fraction of sp³-hybridized carbons (Fsp3) is 0.739. The highest BCUT2D eigenvalue weighted by molar-refractivity contribution is 6.30. The first-order valence-electron chi connectivity index (χ1n) is 21.0. The molecule has 0 unspecified atom stereocenters. The molecule has 10 heteroatoms. The standard InChI is InChI=1S/C46H66ClNO8/c1-27(2)38-31(50)22-46(34(51)25-48(36(52)26-49)24-28-10-12-29(47)13-11-28)21-20-44(8)30(39(38)46)14-15-33-43(7)18-17-35(56-37(53)23-41(3,4)40(54)55)42(5,6)32(43)16-19-45(33,44)9/h10-13,27,30,32-35,49,51H,14-26H2,1-9H3,(H,54,55)/t30-,32+,33-,34+,35+,43+,44-,45-,46+/m1/s1. The third kappa shape index (κ3) is 6.77. The largest absolute Gasteiger partial charge is 0.481 e. The molecule has 0 aliphatic heterocycles. The molecule has 0 bridgehead atoms. The molecule has 1 aromatic carbocycles. The van der Waals surface area contributed by atoms with Crippen molar-refractivity contribution in [3.8, 4) is 0 Å². The molecule has 0 saturated heterocycles. The average molecular weight is 796 g/mol. The quantitative estimate of drug-likeness (QED) is 0.190. The van der Waals surface area contributed by atoms with E-state index in [-0.39, 0.29) is 71.3 Å². The number of halogens is 1. The van der Waals surface area contributed by atoms with Crippen LogP contribution in [0.5, 0.6) is 0 Å². The first kappa shape index (κ1) is 42.8. The van der Waals surface area contributed by atoms with Crippen LogP contribution in [0.4, 0.5) is 0 Å². The fourth-order valence-electron chi connectivity index (χ4n) is 13.5. The van der Waals surface area contributed by atoms with Crippen molar-refractivity contribution in [3.63, 3.8) is 0 Å². The normalized spacial score (nSPS) is 35.6. The van der Waals surface area contributed by atoms with Crippen LogP contribution in [0.15, 0.2) is 35.4 Å². The Labute approximate surface area is 339 Å². The summed E-state index contributed by atoms with van der Waals surface area (Å²) in [5, 5.41) is 32.6. The lowest BCUT2D eigenvalue weighted by Gasteiger charge is -2.72. The Morgan fingerprint density at radius 2 is 1.59 bits per heavy atom. The number of fused-ring (bicyclic) bond motifs is 7. The van der Waals surface area contributed by atoms with Crippen molar-refractivity contribution in [2.75, 3.05) is 13.2 Å². The minimum atomic E-state index is -1.19. The van der Waals surface area contributed by atoms with E-state index in [2.05, 4.69) is 48.5 Å². The van der Waals surface area contributed by atoms with Crippen molar-refractivity contribution in [1.29, 1.82) is 0 Å². The molecular formula is C46H66ClNO8. The number of hydrogen-bond acceptors (Lipinski definition) is 7. The minimum absolute atomic E-state index is 0.00295. The predicted molar refractivity (Wildman–Crippen MR) is 215 cm³/mol. The zero-order valence-corrected chi connectivity index (χ0v) is 35.9. The predicted octanol–water partition coefficient (Wildman–Crippen LogP) is 8.42. The smallest absolute Gasteiger partial charge is 0.309 e. The van der Waals surface area contributed by atoms with Gasteiger partial charge < -0.3 is 25.0 Å². The number of hydrogen-bond donors (Lipinski definition) is 3. The van der Waals surface area contributed by atoms with Gasteiger partial charge in [0.25, 0.3) is 0 Å². The van der Waals surface area contributed by atoms with Crippen LogP contribution in [0.1, 0.15) is 132 Å². The Bertz CT molecular complexity index is 1770. The SMILES string of the molecule is CC(C)C1=C2[C@H]3CC[C@@H]4[C@@]5(C)CC[C@H](OC(=O)CC(C)(C)C(=O)O)C(C)(C)[C@@H]5CC[C@@]4(C)[C@]3(C)CC[C@@]2([C@@H](O)CN(Cc2ccc(Cl)cc2)C(=O)CO)CC1=O. The van der Waals surface area contributed by atoms with Gasteiger partial charge in [0.05, 0.1) is 17.9 Å². The molecule has 6 rings (SSSR count). The van der Waals surface area contributed by atoms with Crippen LogP contribution in [0.2, 0.25) is 5.02 Å². The van der Waals surface area contributed by atoms with Crippen LogP contribution >= 0.6 is 11.6 Å². The summed E-state index contributed by atoms with van der Waals surface area (Å²) in [5.41, 5.74) is 0.393. The molecule has 310 valence electrons. The number of carbonyl (C=O) groups is 4. The van der Waals surface area contributed by atoms with Crippen LogP contribution in [-0.4, -0.2) is 69.2 Å². The van der Waals surface area contributed by atoms with Crippen LogP contribution in [-0.2, 0) is 30.5 Å². The number of carboxylic acid groups (broad SMARTS) is 1. The summed E-state index contributed by atoms with van der Waals surface area (Å²) in [4.78, 5) is 53.8. The molecule has 4 saturated carbocycles. The van der Waals surface area contributed by atoms with Gasteiger partial charge in [-0.05, 0) is 128 Å². The molecular weight excluding hydrogens is 730 g/mol. The van der Waals surface area contributed by atoms with E-state index in [1.165, 1.54) is 4.90 Å². The maximum atomic E-state index is 14.2. The Hall–Kier alpha value is -2.75. The number of aliphatic carboxylic acids is 1. The van der Waals surface area contributed by atoms with Crippen molar-refractivity contribution in [1.82, 2.24) is 4.90 Å². The number of Topliss-reactive ketones (excluding diaryl/α,β-unsaturated/α-hetero) is 1. The van der Waals surface area contributed by atoms with E-state index < -0.39 is 41.4 Å². The van der Waals surface area contributed by atoms with Crippen LogP contribution in [0.25, 0.3) is 0 Å². The summed E-state index contributed by atoms with van der Waals surface area (Å²) < 4.78 is 6.16. The lowest BCUT2D eigenvalue weighted by atomic mass is 9.33. The van der Waals surface area contributed by atoms with Crippen molar-refractivity contribution >= 4 is 35.2 Å². The first-order valence-corrected chi connectivity index (χ1v) is 21.4. The number of ether oxygens (including phenoxy) is 1. The lowest BCUT2D eigenvalue weighted by molar-refractivity contribution is -0.235. The van der Waals surface area contributed by atoms with Gasteiger partial charge in [-0.1, -0.05) is 77.8 Å². The van der Waals surface area contributed by atoms with Gasteiger partial charge in [0.1, 0.15) is 12.7 Å². The number of rotatable bonds is 11. The monoisotopic (exact) mass is 795 g/mol. The summed E-state index contributed by atoms with van der Waals surface area (Å²) in [6, 6.07) is 7.21. The summed E-state index contributed by atoms with van der Waals surface area (Å²) >= 11 is 6.13. The molecule has 56 heavy (non-hydrogen) atoms. The number of allylic oxidation sites excluding steroid dienone is 1. The van der Waals surface area contributed by atoms with E-state index in [4.69, 9.17) is 16.3 Å². The Morgan fingerprint density at radius 1 is 0.929 bits per heavy atom. The van der Waals surface area contributed by atoms with Crippen LogP contribution in [0, 0.1) is 56.2 Å². The van der Waals surface area contributed by atoms with Crippen molar-refractivity contribution in [2.45, 2.75) is 145 Å². The Morgan fingerprint density at radius 3 is 2.20 bits per heavy atom. The van der Waals surface area contributed by atoms with E-state index in [0.717, 1.165) is 61.7 Å². The molecule has 9 atom stereocenters. The molecule has 9 nitrogen and oxygen atoms in total. The van der Waals surface area contributed by atoms with Gasteiger partial charge in [-0.15, -0.1) is 0 Å². The number of benzene rings is 1. The van der Waals surface area contributed by atoms with E-state index in [1.54, 1.807) is 26.0 Å². The molecule has 0 heterocycles. The van der Waals surface area contributed by atoms with E-state index in [0.29, 0.717) is 23.3 Å². The number of esters is 1. The average Bonchev–Trinajstić information content (AvgIpc) is 3.43. The first-order chi connectivity index (χ1) is 26.0. The number of carbonyl (C=O) groups excluding carboxylic acids is 3. The molecule has 4 fully saturated rings. The van der Waals surface area contributed by atoms with Gasteiger partial charge in [-0.3, -0.25) is 19.2 Å². The molecule has 0 spiro atoms. The zero-order valence-electron chi connectivity index (χ0n) is 35.2. The van der Waals surface area contributed by atoms with E-state index >= 15 is 0 Å². The van der Waals surface area contributed by atoms with Gasteiger partial charge in [0, 0.05) is 35.4 Å². The lowest BCUT2D eigenvalue weighted by Crippen LogP contribution is -2.66. The molecule has 1 amide bonds. The molecule has 0 radical (unpaired) electrons. The zero-order chi connectivity index (χ0) is 41.4. The van der Waals surface area contributed by atoms with Gasteiger partial charge in [-0.2, -0.15) is 0 Å². The molecule has 3 N–H and O–H groups in total. The number of aliphatic hydroxyl groups is 2. The number of ketones is 1. The summed E-state index contributed by atoms with van der Waals surface area (Å²) in [6.45, 7) is 18.8. The number of nitrogens with zero attached hydrogens (tertiary/aromatic N) is 1. The number of amides is 1. The highest BCUT2D eigenvalue weighted by atomic mass is 35.5. The van der Waals surface area contributed by atoms with Gasteiger partial charge in [-0.25, -0.2) is 0 Å². The third-order valence-electron chi connectivity index (χ3n) is 16.7. The number of carboxylic acids is 1. The second-order valence-electron chi connectivity index (χ2n) is 20.6. The van der Waals surface area contributed by atoms with Crippen molar-refractivity contribution in [2.24, 2.45) is 56.2 Å². The maximum absolute atomic E-state index is 14.2. The Kier molecular flexibility index (Phi) is 11.3. The molecule has 5 aliphatic carbocycles. The van der Waals surface area contributed by atoms with Crippen molar-refractivity contribution < 1.29 is 39.2 Å². The second-order valence-corrected chi connectivity index (χ2v) is 21.1. The van der Waals surface area contributed by atoms with Crippen molar-refractivity contribution in [3.05, 3.63) is 46.0 Å². The topological polar surface area (TPSA) is 141 Å². The van der Waals surface area contributed by atoms with Gasteiger partial charge >= 0.3 is 11.9 Å². The summed E-state index contributed by atoms with van der Waals surface area (Å²) in [6.07, 6.45) is 5.88. The highest BCUT2D eigenvalue weighted by Gasteiger charge is 2.71. The van der Waals surface area contributed by atoms with E-state index in [9.17, 15) is 34.5 Å².